The molecule has 2 nitrogen and oxygen atoms in total. The number of likely N-dealkylation sites (tertiary alicyclic amines) is 1. The molecule has 1 heterocycles. The van der Waals surface area contributed by atoms with Gasteiger partial charge in [0.15, 0.2) is 0 Å². The smallest absolute Gasteiger partial charge is 0.119 e. The van der Waals surface area contributed by atoms with Gasteiger partial charge in [-0.25, -0.2) is 0 Å². The van der Waals surface area contributed by atoms with Gasteiger partial charge < -0.3 is 9.64 Å². The van der Waals surface area contributed by atoms with Crippen molar-refractivity contribution in [2.45, 2.75) is 51.4 Å². The topological polar surface area (TPSA) is 12.5 Å². The Morgan fingerprint density at radius 3 is 2.07 bits per heavy atom. The van der Waals surface area contributed by atoms with Crippen molar-refractivity contribution in [2.24, 2.45) is 0 Å². The van der Waals surface area contributed by atoms with E-state index in [1.165, 1.54) is 75.7 Å². The summed E-state index contributed by atoms with van der Waals surface area (Å²) in [7, 11) is 0. The average molecular weight is 378 g/mol. The molecular weight excluding hydrogens is 342 g/mol. The summed E-state index contributed by atoms with van der Waals surface area (Å²) in [5.74, 6) is 0.974. The number of hydrogen-bond donors (Lipinski definition) is 0. The first-order valence-corrected chi connectivity index (χ1v) is 11.1. The minimum Gasteiger partial charge on any atom is -0.494 e. The highest BCUT2D eigenvalue weighted by atomic mass is 16.5. The second kappa shape index (κ2) is 12.4. The van der Waals surface area contributed by atoms with E-state index in [-0.39, 0.29) is 0 Å². The summed E-state index contributed by atoms with van der Waals surface area (Å²) < 4.78 is 5.89. The first kappa shape index (κ1) is 20.7. The fourth-order valence-electron chi connectivity index (χ4n) is 3.77. The molecule has 0 N–H and O–H groups in total. The Kier molecular flexibility index (Phi) is 9.16. The van der Waals surface area contributed by atoms with Crippen molar-refractivity contribution in [3.8, 4) is 5.75 Å². The van der Waals surface area contributed by atoms with Gasteiger partial charge >= 0.3 is 0 Å². The zero-order valence-electron chi connectivity index (χ0n) is 17.2. The minimum atomic E-state index is 0.825. The van der Waals surface area contributed by atoms with Crippen LogP contribution in [0.1, 0.15) is 62.5 Å². The van der Waals surface area contributed by atoms with Crippen LogP contribution in [-0.2, 0) is 0 Å². The predicted octanol–water partition coefficient (Wildman–Crippen LogP) is 6.67. The van der Waals surface area contributed by atoms with Crippen LogP contribution >= 0.6 is 0 Å². The number of ether oxygens (including phenoxy) is 1. The van der Waals surface area contributed by atoms with Crippen LogP contribution < -0.4 is 4.74 Å². The van der Waals surface area contributed by atoms with Crippen LogP contribution in [-0.4, -0.2) is 31.1 Å². The third-order valence-corrected chi connectivity index (χ3v) is 5.48. The standard InChI is InChI=1S/C26H35NO/c1(2-8-20-27-21-9-5-10-22-27)3-11-23-28-26-18-16-25(17-19-26)15-14-24-12-6-4-7-13-24/h4,6-7,12-19H,1-3,5,8-11,20-23H2/b15-14+. The molecular formula is C26H35NO. The molecule has 0 saturated carbocycles. The van der Waals surface area contributed by atoms with E-state index < -0.39 is 0 Å². The summed E-state index contributed by atoms with van der Waals surface area (Å²) in [6, 6.07) is 18.8. The molecule has 1 fully saturated rings. The van der Waals surface area contributed by atoms with Crippen molar-refractivity contribution >= 4 is 12.2 Å². The highest BCUT2D eigenvalue weighted by molar-refractivity contribution is 5.69. The van der Waals surface area contributed by atoms with E-state index in [4.69, 9.17) is 4.74 Å². The maximum Gasteiger partial charge on any atom is 0.119 e. The lowest BCUT2D eigenvalue weighted by molar-refractivity contribution is 0.223. The summed E-state index contributed by atoms with van der Waals surface area (Å²) in [5.41, 5.74) is 2.42. The van der Waals surface area contributed by atoms with Crippen molar-refractivity contribution in [3.05, 3.63) is 65.7 Å². The Labute approximate surface area is 171 Å². The molecule has 0 atom stereocenters. The van der Waals surface area contributed by atoms with E-state index in [1.807, 2.05) is 6.07 Å². The van der Waals surface area contributed by atoms with Crippen LogP contribution in [0.2, 0.25) is 0 Å². The van der Waals surface area contributed by atoms with E-state index in [0.29, 0.717) is 0 Å². The predicted molar refractivity (Wildman–Crippen MR) is 121 cm³/mol. The molecule has 0 aliphatic carbocycles. The zero-order valence-corrected chi connectivity index (χ0v) is 17.2. The molecule has 0 aromatic heterocycles. The Morgan fingerprint density at radius 1 is 0.679 bits per heavy atom. The molecule has 3 rings (SSSR count). The molecule has 150 valence electrons. The number of piperidine rings is 1. The third-order valence-electron chi connectivity index (χ3n) is 5.48. The number of hydrogen-bond acceptors (Lipinski definition) is 2. The Bertz CT molecular complexity index is 671. The normalized spacial score (nSPS) is 15.1. The van der Waals surface area contributed by atoms with Gasteiger partial charge in [-0.05, 0) is 68.6 Å². The number of nitrogens with zero attached hydrogens (tertiary/aromatic N) is 1. The summed E-state index contributed by atoms with van der Waals surface area (Å²) in [5, 5.41) is 0. The van der Waals surface area contributed by atoms with Gasteiger partial charge in [-0.15, -0.1) is 0 Å². The van der Waals surface area contributed by atoms with Gasteiger partial charge in [-0.3, -0.25) is 0 Å². The Morgan fingerprint density at radius 2 is 1.32 bits per heavy atom. The van der Waals surface area contributed by atoms with Gasteiger partial charge in [0.05, 0.1) is 6.61 Å². The van der Waals surface area contributed by atoms with Crippen molar-refractivity contribution in [3.63, 3.8) is 0 Å². The van der Waals surface area contributed by atoms with E-state index >= 15 is 0 Å². The summed E-state index contributed by atoms with van der Waals surface area (Å²) in [6.45, 7) is 4.79. The molecule has 2 aromatic carbocycles. The van der Waals surface area contributed by atoms with E-state index in [1.54, 1.807) is 0 Å². The third kappa shape index (κ3) is 7.90. The van der Waals surface area contributed by atoms with Gasteiger partial charge in [-0.1, -0.05) is 80.3 Å². The van der Waals surface area contributed by atoms with Gasteiger partial charge in [0, 0.05) is 0 Å². The Hall–Kier alpha value is -2.06. The first-order chi connectivity index (χ1) is 13.9. The highest BCUT2D eigenvalue weighted by Gasteiger charge is 2.08. The van der Waals surface area contributed by atoms with Crippen LogP contribution in [0, 0.1) is 0 Å². The molecule has 0 spiro atoms. The van der Waals surface area contributed by atoms with E-state index in [2.05, 4.69) is 65.6 Å². The molecule has 1 aliphatic heterocycles. The van der Waals surface area contributed by atoms with Crippen LogP contribution in [0.25, 0.3) is 12.2 Å². The highest BCUT2D eigenvalue weighted by Crippen LogP contribution is 2.16. The van der Waals surface area contributed by atoms with Crippen molar-refractivity contribution in [1.29, 1.82) is 0 Å². The van der Waals surface area contributed by atoms with Crippen molar-refractivity contribution in [1.82, 2.24) is 4.90 Å². The van der Waals surface area contributed by atoms with Gasteiger partial charge in [0.2, 0.25) is 0 Å². The maximum atomic E-state index is 5.89. The Balaban J connectivity index is 1.23. The molecule has 2 aromatic rings. The van der Waals surface area contributed by atoms with Crippen LogP contribution in [0.3, 0.4) is 0 Å². The number of rotatable bonds is 11. The van der Waals surface area contributed by atoms with Gasteiger partial charge in [0.1, 0.15) is 5.75 Å². The average Bonchev–Trinajstić information content (AvgIpc) is 2.76. The minimum absolute atomic E-state index is 0.825. The van der Waals surface area contributed by atoms with Crippen LogP contribution in [0.4, 0.5) is 0 Å². The molecule has 0 radical (unpaired) electrons. The number of unbranched alkanes of at least 4 members (excludes halogenated alkanes) is 4. The second-order valence-corrected chi connectivity index (χ2v) is 7.83. The molecule has 0 unspecified atom stereocenters. The monoisotopic (exact) mass is 377 g/mol. The molecule has 1 aliphatic rings. The molecule has 0 amide bonds. The fraction of sp³-hybridized carbons (Fsp3) is 0.462. The lowest BCUT2D eigenvalue weighted by Crippen LogP contribution is -2.30. The lowest BCUT2D eigenvalue weighted by Gasteiger charge is -2.26. The van der Waals surface area contributed by atoms with Gasteiger partial charge in [0.25, 0.3) is 0 Å². The second-order valence-electron chi connectivity index (χ2n) is 7.83. The van der Waals surface area contributed by atoms with Crippen molar-refractivity contribution in [2.75, 3.05) is 26.2 Å². The first-order valence-electron chi connectivity index (χ1n) is 11.1. The quantitative estimate of drug-likeness (QED) is 0.320. The molecule has 28 heavy (non-hydrogen) atoms. The summed E-state index contributed by atoms with van der Waals surface area (Å²) >= 11 is 0. The van der Waals surface area contributed by atoms with Gasteiger partial charge in [-0.2, -0.15) is 0 Å². The fourth-order valence-corrected chi connectivity index (χ4v) is 3.77. The largest absolute Gasteiger partial charge is 0.494 e. The molecule has 2 heteroatoms. The molecule has 1 saturated heterocycles. The lowest BCUT2D eigenvalue weighted by atomic mass is 10.1. The van der Waals surface area contributed by atoms with E-state index in [9.17, 15) is 0 Å². The van der Waals surface area contributed by atoms with Crippen molar-refractivity contribution < 1.29 is 4.74 Å². The molecule has 0 bridgehead atoms. The maximum absolute atomic E-state index is 5.89. The summed E-state index contributed by atoms with van der Waals surface area (Å²) in [4.78, 5) is 2.64. The zero-order chi connectivity index (χ0) is 19.3. The summed E-state index contributed by atoms with van der Waals surface area (Å²) in [6.07, 6.45) is 15.0. The van der Waals surface area contributed by atoms with Crippen LogP contribution in [0.15, 0.2) is 54.6 Å². The SMILES string of the molecule is C(=C\c1ccc(OCCCCCCCN2CCCCC2)cc1)/c1ccccc1. The number of benzene rings is 2. The van der Waals surface area contributed by atoms with Crippen LogP contribution in [0.5, 0.6) is 5.75 Å². The van der Waals surface area contributed by atoms with E-state index in [0.717, 1.165) is 18.8 Å².